The average molecular weight is 339 g/mol. The number of nitrogens with zero attached hydrogens (tertiary/aromatic N) is 3. The molecule has 1 aliphatic rings. The summed E-state index contributed by atoms with van der Waals surface area (Å²) in [6, 6.07) is 7.29. The number of aromatic nitrogens is 1. The SMILES string of the molecule is CCN1CCC(c2c3ccc(C#N)cc3n3oc(=O)c(=O)oc23)CC1. The number of hydrogen-bond donors (Lipinski definition) is 0. The highest BCUT2D eigenvalue weighted by molar-refractivity contribution is 5.91. The highest BCUT2D eigenvalue weighted by Gasteiger charge is 2.27. The molecule has 0 bridgehead atoms. The number of rotatable bonds is 2. The van der Waals surface area contributed by atoms with Crippen molar-refractivity contribution in [1.82, 2.24) is 9.47 Å². The standard InChI is InChI=1S/C18H17N3O4/c1-2-20-7-5-12(6-8-20)15-13-4-3-11(10-19)9-14(13)21-16(15)24-17(22)18(23)25-21/h3-4,9,12H,2,5-8H2,1H3. The third-order valence-electron chi connectivity index (χ3n) is 5.02. The van der Waals surface area contributed by atoms with Crippen LogP contribution in [0.15, 0.2) is 36.7 Å². The van der Waals surface area contributed by atoms with E-state index in [1.165, 1.54) is 4.57 Å². The summed E-state index contributed by atoms with van der Waals surface area (Å²) < 4.78 is 11.7. The Morgan fingerprint density at radius 1 is 1.24 bits per heavy atom. The van der Waals surface area contributed by atoms with Crippen LogP contribution in [0.2, 0.25) is 0 Å². The van der Waals surface area contributed by atoms with E-state index in [1.54, 1.807) is 12.1 Å². The van der Waals surface area contributed by atoms with Crippen molar-refractivity contribution in [2.75, 3.05) is 19.6 Å². The predicted molar refractivity (Wildman–Crippen MR) is 90.8 cm³/mol. The van der Waals surface area contributed by atoms with E-state index >= 15 is 0 Å². The molecule has 1 aliphatic heterocycles. The average Bonchev–Trinajstić information content (AvgIpc) is 2.94. The molecule has 3 heterocycles. The summed E-state index contributed by atoms with van der Waals surface area (Å²) in [5.41, 5.74) is 0.110. The van der Waals surface area contributed by atoms with Crippen molar-refractivity contribution in [1.29, 1.82) is 5.26 Å². The van der Waals surface area contributed by atoms with Crippen LogP contribution in [0.25, 0.3) is 16.6 Å². The van der Waals surface area contributed by atoms with Crippen LogP contribution in [-0.2, 0) is 0 Å². The first-order valence-corrected chi connectivity index (χ1v) is 8.37. The normalized spacial score (nSPS) is 16.5. The van der Waals surface area contributed by atoms with Gasteiger partial charge < -0.3 is 13.8 Å². The van der Waals surface area contributed by atoms with Crippen LogP contribution >= 0.6 is 0 Å². The first kappa shape index (κ1) is 15.7. The Kier molecular flexibility index (Phi) is 3.70. The molecular formula is C18H17N3O4. The van der Waals surface area contributed by atoms with Gasteiger partial charge in [0.1, 0.15) is 0 Å². The van der Waals surface area contributed by atoms with E-state index < -0.39 is 11.3 Å². The maximum Gasteiger partial charge on any atom is 0.442 e. The first-order chi connectivity index (χ1) is 12.1. The summed E-state index contributed by atoms with van der Waals surface area (Å²) in [6.07, 6.45) is 1.87. The van der Waals surface area contributed by atoms with Gasteiger partial charge in [-0.1, -0.05) is 13.0 Å². The second kappa shape index (κ2) is 5.90. The fraction of sp³-hybridized carbons (Fsp3) is 0.389. The van der Waals surface area contributed by atoms with Crippen molar-refractivity contribution in [3.8, 4) is 6.07 Å². The van der Waals surface area contributed by atoms with E-state index in [-0.39, 0.29) is 11.6 Å². The molecule has 1 saturated heterocycles. The maximum atomic E-state index is 11.7. The van der Waals surface area contributed by atoms with Crippen molar-refractivity contribution >= 4 is 16.6 Å². The fourth-order valence-electron chi connectivity index (χ4n) is 3.70. The minimum Gasteiger partial charge on any atom is -0.397 e. The van der Waals surface area contributed by atoms with Gasteiger partial charge >= 0.3 is 11.3 Å². The third-order valence-corrected chi connectivity index (χ3v) is 5.02. The Morgan fingerprint density at radius 3 is 2.68 bits per heavy atom. The number of piperidine rings is 1. The number of likely N-dealkylation sites (tertiary alicyclic amines) is 1. The number of benzene rings is 1. The molecule has 7 heteroatoms. The summed E-state index contributed by atoms with van der Waals surface area (Å²) in [6.45, 7) is 5.09. The maximum absolute atomic E-state index is 11.7. The molecule has 128 valence electrons. The number of hydrogen-bond acceptors (Lipinski definition) is 6. The smallest absolute Gasteiger partial charge is 0.397 e. The minimum atomic E-state index is -1.06. The monoisotopic (exact) mass is 339 g/mol. The zero-order chi connectivity index (χ0) is 17.6. The Hall–Kier alpha value is -2.85. The lowest BCUT2D eigenvalue weighted by atomic mass is 9.89. The topological polar surface area (TPSA) is 91.9 Å². The molecule has 0 spiro atoms. The van der Waals surface area contributed by atoms with E-state index in [0.29, 0.717) is 11.1 Å². The molecule has 0 amide bonds. The van der Waals surface area contributed by atoms with Crippen molar-refractivity contribution in [3.05, 3.63) is 50.2 Å². The van der Waals surface area contributed by atoms with Gasteiger partial charge in [-0.05, 0) is 50.5 Å². The van der Waals surface area contributed by atoms with Crippen molar-refractivity contribution < 1.29 is 8.94 Å². The second-order valence-electron chi connectivity index (χ2n) is 6.33. The van der Waals surface area contributed by atoms with Gasteiger partial charge in [0, 0.05) is 10.9 Å². The second-order valence-corrected chi connectivity index (χ2v) is 6.33. The zero-order valence-electron chi connectivity index (χ0n) is 13.8. The van der Waals surface area contributed by atoms with E-state index in [4.69, 9.17) is 14.2 Å². The molecule has 4 rings (SSSR count). The third kappa shape index (κ3) is 2.46. The van der Waals surface area contributed by atoms with Crippen LogP contribution in [0.1, 0.15) is 36.8 Å². The lowest BCUT2D eigenvalue weighted by Crippen LogP contribution is -2.32. The lowest BCUT2D eigenvalue weighted by Gasteiger charge is -2.30. The number of nitriles is 1. The Balaban J connectivity index is 1.98. The zero-order valence-corrected chi connectivity index (χ0v) is 13.8. The molecule has 0 saturated carbocycles. The van der Waals surface area contributed by atoms with E-state index in [0.717, 1.165) is 43.4 Å². The van der Waals surface area contributed by atoms with Crippen LogP contribution in [0.4, 0.5) is 0 Å². The molecule has 0 unspecified atom stereocenters. The summed E-state index contributed by atoms with van der Waals surface area (Å²) in [7, 11) is 0. The molecule has 0 radical (unpaired) electrons. The van der Waals surface area contributed by atoms with Crippen LogP contribution in [0.5, 0.6) is 0 Å². The van der Waals surface area contributed by atoms with Crippen LogP contribution < -0.4 is 11.3 Å². The molecule has 0 atom stereocenters. The van der Waals surface area contributed by atoms with E-state index in [1.807, 2.05) is 6.07 Å². The Labute approximate surface area is 142 Å². The van der Waals surface area contributed by atoms with Crippen LogP contribution in [0, 0.1) is 11.3 Å². The summed E-state index contributed by atoms with van der Waals surface area (Å²) in [5.74, 6) is 0.207. The van der Waals surface area contributed by atoms with E-state index in [9.17, 15) is 9.59 Å². The van der Waals surface area contributed by atoms with Gasteiger partial charge in [-0.25, -0.2) is 9.59 Å². The lowest BCUT2D eigenvalue weighted by molar-refractivity contribution is 0.221. The molecule has 0 N–H and O–H groups in total. The minimum absolute atomic E-state index is 0.207. The van der Waals surface area contributed by atoms with Gasteiger partial charge in [0.2, 0.25) is 5.71 Å². The highest BCUT2D eigenvalue weighted by Crippen LogP contribution is 2.37. The van der Waals surface area contributed by atoms with Gasteiger partial charge in [0.15, 0.2) is 0 Å². The van der Waals surface area contributed by atoms with Gasteiger partial charge in [-0.2, -0.15) is 5.26 Å². The summed E-state index contributed by atoms with van der Waals surface area (Å²) in [4.78, 5) is 25.7. The summed E-state index contributed by atoms with van der Waals surface area (Å²) in [5, 5.41) is 10.0. The van der Waals surface area contributed by atoms with Crippen LogP contribution in [0.3, 0.4) is 0 Å². The molecule has 2 aromatic heterocycles. The number of fused-ring (bicyclic) bond motifs is 3. The molecule has 0 aliphatic carbocycles. The van der Waals surface area contributed by atoms with Crippen molar-refractivity contribution in [3.63, 3.8) is 0 Å². The molecule has 1 aromatic carbocycles. The van der Waals surface area contributed by atoms with Crippen LogP contribution in [-0.4, -0.2) is 29.1 Å². The molecular weight excluding hydrogens is 322 g/mol. The fourth-order valence-corrected chi connectivity index (χ4v) is 3.70. The summed E-state index contributed by atoms with van der Waals surface area (Å²) >= 11 is 0. The Bertz CT molecular complexity index is 1110. The molecule has 1 fully saturated rings. The Morgan fingerprint density at radius 2 is 2.00 bits per heavy atom. The predicted octanol–water partition coefficient (Wildman–Crippen LogP) is 2.07. The van der Waals surface area contributed by atoms with Crippen molar-refractivity contribution in [2.24, 2.45) is 0 Å². The van der Waals surface area contributed by atoms with Gasteiger partial charge in [0.25, 0.3) is 0 Å². The van der Waals surface area contributed by atoms with Gasteiger partial charge in [-0.15, -0.1) is 4.57 Å². The molecule has 7 nitrogen and oxygen atoms in total. The van der Waals surface area contributed by atoms with Gasteiger partial charge in [-0.3, -0.25) is 0 Å². The first-order valence-electron chi connectivity index (χ1n) is 8.37. The van der Waals surface area contributed by atoms with E-state index in [2.05, 4.69) is 17.9 Å². The molecule has 25 heavy (non-hydrogen) atoms. The molecule has 3 aromatic rings. The largest absolute Gasteiger partial charge is 0.442 e. The highest BCUT2D eigenvalue weighted by atomic mass is 16.5. The van der Waals surface area contributed by atoms with Crippen molar-refractivity contribution in [2.45, 2.75) is 25.7 Å². The van der Waals surface area contributed by atoms with Gasteiger partial charge in [0.05, 0.1) is 17.1 Å². The quantitative estimate of drug-likeness (QED) is 0.664.